The Balaban J connectivity index is 1.55. The molecule has 0 N–H and O–H groups in total. The average molecular weight is 354 g/mol. The van der Waals surface area contributed by atoms with Gasteiger partial charge in [-0.2, -0.15) is 4.98 Å². The normalized spacial score (nSPS) is 23.1. The van der Waals surface area contributed by atoms with Crippen molar-refractivity contribution in [1.82, 2.24) is 14.9 Å². The highest BCUT2D eigenvalue weighted by Crippen LogP contribution is 2.31. The van der Waals surface area contributed by atoms with Gasteiger partial charge in [-0.1, -0.05) is 30.3 Å². The lowest BCUT2D eigenvalue weighted by atomic mass is 10.1. The fraction of sp³-hybridized carbons (Fsp3) is 0.500. The van der Waals surface area contributed by atoms with E-state index in [-0.39, 0.29) is 6.10 Å². The Bertz CT molecular complexity index is 768. The highest BCUT2D eigenvalue weighted by molar-refractivity contribution is 5.52. The summed E-state index contributed by atoms with van der Waals surface area (Å²) in [6.45, 7) is 8.42. The van der Waals surface area contributed by atoms with Crippen LogP contribution in [-0.4, -0.2) is 60.4 Å². The van der Waals surface area contributed by atoms with Gasteiger partial charge in [0.25, 0.3) is 0 Å². The number of anilines is 1. The Kier molecular flexibility index (Phi) is 4.78. The molecule has 2 atom stereocenters. The van der Waals surface area contributed by atoms with Crippen molar-refractivity contribution in [2.75, 3.05) is 38.3 Å². The van der Waals surface area contributed by atoms with Gasteiger partial charge < -0.3 is 14.4 Å². The maximum atomic E-state index is 6.09. The third-order valence-electron chi connectivity index (χ3n) is 5.33. The van der Waals surface area contributed by atoms with Crippen molar-refractivity contribution in [3.63, 3.8) is 0 Å². The van der Waals surface area contributed by atoms with Gasteiger partial charge in [0.1, 0.15) is 11.6 Å². The number of hydrogen-bond acceptors (Lipinski definition) is 6. The van der Waals surface area contributed by atoms with Gasteiger partial charge in [-0.05, 0) is 19.4 Å². The quantitative estimate of drug-likeness (QED) is 0.839. The van der Waals surface area contributed by atoms with Crippen molar-refractivity contribution in [2.45, 2.75) is 32.5 Å². The van der Waals surface area contributed by atoms with Gasteiger partial charge in [-0.3, -0.25) is 4.90 Å². The molecule has 0 amide bonds. The first-order chi connectivity index (χ1) is 12.7. The molecule has 0 spiro atoms. The van der Waals surface area contributed by atoms with Gasteiger partial charge in [0.15, 0.2) is 0 Å². The summed E-state index contributed by atoms with van der Waals surface area (Å²) in [7, 11) is 1.66. The van der Waals surface area contributed by atoms with E-state index in [9.17, 15) is 0 Å². The summed E-state index contributed by atoms with van der Waals surface area (Å²) in [5.41, 5.74) is 2.34. The van der Waals surface area contributed by atoms with Crippen LogP contribution in [0.2, 0.25) is 0 Å². The molecule has 138 valence electrons. The summed E-state index contributed by atoms with van der Waals surface area (Å²) in [4.78, 5) is 13.9. The minimum Gasteiger partial charge on any atom is -0.481 e. The summed E-state index contributed by atoms with van der Waals surface area (Å²) < 4.78 is 11.5. The van der Waals surface area contributed by atoms with E-state index in [2.05, 4.69) is 45.1 Å². The summed E-state index contributed by atoms with van der Waals surface area (Å²) in [6, 6.07) is 11.0. The minimum absolute atomic E-state index is 0.216. The van der Waals surface area contributed by atoms with Crippen LogP contribution in [0.3, 0.4) is 0 Å². The Hall–Kier alpha value is -2.18. The molecular formula is C20H26N4O2. The van der Waals surface area contributed by atoms with Crippen molar-refractivity contribution >= 4 is 5.82 Å². The van der Waals surface area contributed by atoms with E-state index in [0.717, 1.165) is 50.0 Å². The van der Waals surface area contributed by atoms with Crippen LogP contribution >= 0.6 is 0 Å². The molecule has 2 fully saturated rings. The third-order valence-corrected chi connectivity index (χ3v) is 5.33. The van der Waals surface area contributed by atoms with Gasteiger partial charge in [-0.15, -0.1) is 0 Å². The largest absolute Gasteiger partial charge is 0.481 e. The first kappa shape index (κ1) is 17.2. The zero-order valence-corrected chi connectivity index (χ0v) is 15.7. The number of morpholine rings is 1. The molecule has 2 unspecified atom stereocenters. The Morgan fingerprint density at radius 2 is 1.96 bits per heavy atom. The Morgan fingerprint density at radius 1 is 1.15 bits per heavy atom. The van der Waals surface area contributed by atoms with Crippen LogP contribution in [-0.2, 0) is 11.3 Å². The topological polar surface area (TPSA) is 50.7 Å². The highest BCUT2D eigenvalue weighted by atomic mass is 16.5. The maximum absolute atomic E-state index is 6.09. The van der Waals surface area contributed by atoms with Crippen molar-refractivity contribution in [3.8, 4) is 5.88 Å². The molecule has 6 nitrogen and oxygen atoms in total. The number of aromatic nitrogens is 2. The molecule has 1 aromatic heterocycles. The van der Waals surface area contributed by atoms with Gasteiger partial charge in [0, 0.05) is 26.2 Å². The van der Waals surface area contributed by atoms with Crippen molar-refractivity contribution in [2.24, 2.45) is 0 Å². The lowest BCUT2D eigenvalue weighted by Gasteiger charge is -2.36. The Morgan fingerprint density at radius 3 is 2.73 bits per heavy atom. The van der Waals surface area contributed by atoms with Gasteiger partial charge in [0.2, 0.25) is 5.88 Å². The van der Waals surface area contributed by atoms with E-state index < -0.39 is 0 Å². The number of rotatable bonds is 4. The predicted molar refractivity (Wildman–Crippen MR) is 101 cm³/mol. The van der Waals surface area contributed by atoms with Crippen LogP contribution in [0.4, 0.5) is 5.82 Å². The summed E-state index contributed by atoms with van der Waals surface area (Å²) in [6.07, 6.45) is 0.216. The lowest BCUT2D eigenvalue weighted by Crippen LogP contribution is -2.50. The van der Waals surface area contributed by atoms with Crippen LogP contribution in [0.1, 0.15) is 17.0 Å². The second-order valence-corrected chi connectivity index (χ2v) is 7.07. The number of methoxy groups -OCH3 is 1. The minimum atomic E-state index is 0.216. The summed E-state index contributed by atoms with van der Waals surface area (Å²) in [5.74, 6) is 2.36. The molecule has 2 aliphatic rings. The zero-order chi connectivity index (χ0) is 18.1. The molecule has 2 aliphatic heterocycles. The van der Waals surface area contributed by atoms with Crippen molar-refractivity contribution in [1.29, 1.82) is 0 Å². The van der Waals surface area contributed by atoms with Crippen LogP contribution in [0.5, 0.6) is 5.88 Å². The second-order valence-electron chi connectivity index (χ2n) is 7.07. The van der Waals surface area contributed by atoms with E-state index in [4.69, 9.17) is 14.5 Å². The monoisotopic (exact) mass is 354 g/mol. The smallest absolute Gasteiger partial charge is 0.221 e. The molecule has 0 aliphatic carbocycles. The number of benzene rings is 1. The standard InChI is InChI=1S/C20H26N4O2/c1-14-19(21-15(2)22-20(14)25-3)24-12-17-18(13-24)26-10-9-23(17)11-16-7-5-4-6-8-16/h4-8,17-18H,9-13H2,1-3H3. The maximum Gasteiger partial charge on any atom is 0.221 e. The first-order valence-electron chi connectivity index (χ1n) is 9.19. The van der Waals surface area contributed by atoms with E-state index in [1.165, 1.54) is 5.56 Å². The van der Waals surface area contributed by atoms with Crippen molar-refractivity contribution < 1.29 is 9.47 Å². The predicted octanol–water partition coefficient (Wildman–Crippen LogP) is 2.19. The number of hydrogen-bond donors (Lipinski definition) is 0. The Labute approximate surface area is 154 Å². The molecule has 2 aromatic rings. The SMILES string of the molecule is COc1nc(C)nc(N2CC3OCCN(Cc4ccccc4)C3C2)c1C. The summed E-state index contributed by atoms with van der Waals surface area (Å²) >= 11 is 0. The van der Waals surface area contributed by atoms with E-state index in [1.54, 1.807) is 7.11 Å². The number of fused-ring (bicyclic) bond motifs is 1. The van der Waals surface area contributed by atoms with E-state index in [0.29, 0.717) is 11.9 Å². The lowest BCUT2D eigenvalue weighted by molar-refractivity contribution is -0.0499. The van der Waals surface area contributed by atoms with Crippen molar-refractivity contribution in [3.05, 3.63) is 47.3 Å². The van der Waals surface area contributed by atoms with Gasteiger partial charge in [0.05, 0.1) is 31.4 Å². The molecule has 26 heavy (non-hydrogen) atoms. The van der Waals surface area contributed by atoms with E-state index in [1.807, 2.05) is 13.8 Å². The van der Waals surface area contributed by atoms with Gasteiger partial charge in [-0.25, -0.2) is 4.98 Å². The first-order valence-corrected chi connectivity index (χ1v) is 9.19. The molecule has 1 aromatic carbocycles. The number of aryl methyl sites for hydroxylation is 1. The number of ether oxygens (including phenoxy) is 2. The molecule has 0 saturated carbocycles. The number of nitrogens with zero attached hydrogens (tertiary/aromatic N) is 4. The van der Waals surface area contributed by atoms with Crippen LogP contribution in [0.25, 0.3) is 0 Å². The van der Waals surface area contributed by atoms with Gasteiger partial charge >= 0.3 is 0 Å². The van der Waals surface area contributed by atoms with Crippen LogP contribution in [0, 0.1) is 13.8 Å². The molecule has 3 heterocycles. The average Bonchev–Trinajstić information content (AvgIpc) is 3.09. The van der Waals surface area contributed by atoms with Crippen LogP contribution in [0.15, 0.2) is 30.3 Å². The third kappa shape index (κ3) is 3.27. The molecule has 0 bridgehead atoms. The summed E-state index contributed by atoms with van der Waals surface area (Å²) in [5, 5.41) is 0. The fourth-order valence-corrected chi connectivity index (χ4v) is 4.04. The molecule has 2 saturated heterocycles. The van der Waals surface area contributed by atoms with Crippen LogP contribution < -0.4 is 9.64 Å². The zero-order valence-electron chi connectivity index (χ0n) is 15.7. The molecule has 0 radical (unpaired) electrons. The van der Waals surface area contributed by atoms with E-state index >= 15 is 0 Å². The highest BCUT2D eigenvalue weighted by Gasteiger charge is 2.41. The fourth-order valence-electron chi connectivity index (χ4n) is 4.04. The molecular weight excluding hydrogens is 328 g/mol. The molecule has 6 heteroatoms. The second kappa shape index (κ2) is 7.21. The molecule has 4 rings (SSSR count).